The number of hydrogen-bond acceptors (Lipinski definition) is 4. The van der Waals surface area contributed by atoms with Crippen molar-refractivity contribution in [3.05, 3.63) is 35.4 Å². The van der Waals surface area contributed by atoms with E-state index < -0.39 is 6.04 Å². The molecule has 1 unspecified atom stereocenters. The maximum Gasteiger partial charge on any atom is 0.255 e. The van der Waals surface area contributed by atoms with Gasteiger partial charge in [-0.1, -0.05) is 50.8 Å². The molecular formula is C26H40N4O2. The molecule has 2 heterocycles. The van der Waals surface area contributed by atoms with E-state index in [1.165, 1.54) is 38.6 Å². The zero-order valence-corrected chi connectivity index (χ0v) is 19.7. The van der Waals surface area contributed by atoms with Gasteiger partial charge in [-0.15, -0.1) is 0 Å². The Hall–Kier alpha value is -1.92. The monoisotopic (exact) mass is 440 g/mol. The van der Waals surface area contributed by atoms with Crippen LogP contribution < -0.4 is 5.32 Å². The molecule has 1 saturated heterocycles. The number of piperazine rings is 1. The first kappa shape index (κ1) is 23.2. The highest BCUT2D eigenvalue weighted by molar-refractivity contribution is 6.04. The van der Waals surface area contributed by atoms with Crippen LogP contribution in [0.4, 0.5) is 0 Å². The zero-order valence-electron chi connectivity index (χ0n) is 19.7. The number of fused-ring (bicyclic) bond motifs is 1. The van der Waals surface area contributed by atoms with Crippen LogP contribution in [0, 0.1) is 0 Å². The molecule has 1 saturated carbocycles. The molecule has 6 nitrogen and oxygen atoms in total. The molecule has 0 aromatic heterocycles. The number of hydrogen-bond donors (Lipinski definition) is 1. The van der Waals surface area contributed by atoms with Crippen LogP contribution in [0.2, 0.25) is 0 Å². The van der Waals surface area contributed by atoms with Crippen LogP contribution in [0.5, 0.6) is 0 Å². The second-order valence-corrected chi connectivity index (χ2v) is 9.72. The third-order valence-electron chi connectivity index (χ3n) is 7.39. The number of amides is 2. The van der Waals surface area contributed by atoms with Crippen LogP contribution in [0.3, 0.4) is 0 Å². The topological polar surface area (TPSA) is 55.9 Å². The van der Waals surface area contributed by atoms with Gasteiger partial charge in [0.2, 0.25) is 5.91 Å². The summed E-state index contributed by atoms with van der Waals surface area (Å²) in [4.78, 5) is 33.4. The number of nitrogens with one attached hydrogen (secondary N) is 1. The number of rotatable bonds is 8. The SMILES string of the molecule is CCCN1CCN(CCCN2C(=O)c3ccccc3C2C(=O)NC2CCCCCC2)CC1. The van der Waals surface area contributed by atoms with Crippen molar-refractivity contribution in [3.63, 3.8) is 0 Å². The van der Waals surface area contributed by atoms with Gasteiger partial charge in [0, 0.05) is 44.3 Å². The standard InChI is InChI=1S/C26H40N4O2/c1-2-14-28-17-19-29(20-18-28)15-9-16-30-24(22-12-7-8-13-23(22)26(30)32)25(31)27-21-10-5-3-4-6-11-21/h7-8,12-13,21,24H,2-6,9-11,14-20H2,1H3,(H,27,31). The molecule has 1 atom stereocenters. The van der Waals surface area contributed by atoms with E-state index in [4.69, 9.17) is 0 Å². The van der Waals surface area contributed by atoms with Gasteiger partial charge < -0.3 is 20.0 Å². The summed E-state index contributed by atoms with van der Waals surface area (Å²) in [5.74, 6) is 0.0118. The summed E-state index contributed by atoms with van der Waals surface area (Å²) in [6, 6.07) is 7.43. The molecule has 2 fully saturated rings. The Bertz CT molecular complexity index is 767. The summed E-state index contributed by atoms with van der Waals surface area (Å²) in [6.45, 7) is 9.50. The second kappa shape index (κ2) is 11.3. The van der Waals surface area contributed by atoms with Gasteiger partial charge in [0.25, 0.3) is 5.91 Å². The number of carbonyl (C=O) groups is 2. The summed E-state index contributed by atoms with van der Waals surface area (Å²) in [5, 5.41) is 3.30. The summed E-state index contributed by atoms with van der Waals surface area (Å²) >= 11 is 0. The number of carbonyl (C=O) groups excluding carboxylic acids is 2. The lowest BCUT2D eigenvalue weighted by Gasteiger charge is -2.35. The molecule has 176 valence electrons. The van der Waals surface area contributed by atoms with Crippen molar-refractivity contribution in [2.75, 3.05) is 45.8 Å². The van der Waals surface area contributed by atoms with Gasteiger partial charge in [-0.2, -0.15) is 0 Å². The van der Waals surface area contributed by atoms with Crippen molar-refractivity contribution in [2.24, 2.45) is 0 Å². The number of nitrogens with zero attached hydrogens (tertiary/aromatic N) is 3. The number of benzene rings is 1. The van der Waals surface area contributed by atoms with Crippen molar-refractivity contribution in [1.29, 1.82) is 0 Å². The lowest BCUT2D eigenvalue weighted by molar-refractivity contribution is -0.126. The molecule has 2 aliphatic heterocycles. The quantitative estimate of drug-likeness (QED) is 0.629. The maximum atomic E-state index is 13.4. The molecular weight excluding hydrogens is 400 g/mol. The van der Waals surface area contributed by atoms with Crippen LogP contribution in [0.1, 0.15) is 80.3 Å². The minimum absolute atomic E-state index is 0.00313. The lowest BCUT2D eigenvalue weighted by atomic mass is 10.0. The summed E-state index contributed by atoms with van der Waals surface area (Å²) in [6.07, 6.45) is 9.10. The van der Waals surface area contributed by atoms with E-state index in [9.17, 15) is 9.59 Å². The largest absolute Gasteiger partial charge is 0.351 e. The van der Waals surface area contributed by atoms with E-state index in [-0.39, 0.29) is 17.9 Å². The van der Waals surface area contributed by atoms with Crippen LogP contribution in [0.15, 0.2) is 24.3 Å². The molecule has 6 heteroatoms. The van der Waals surface area contributed by atoms with Gasteiger partial charge >= 0.3 is 0 Å². The Kier molecular flexibility index (Phi) is 8.20. The van der Waals surface area contributed by atoms with Gasteiger partial charge in [0.1, 0.15) is 6.04 Å². The van der Waals surface area contributed by atoms with Crippen LogP contribution in [0.25, 0.3) is 0 Å². The fourth-order valence-electron chi connectivity index (χ4n) is 5.60. The molecule has 1 N–H and O–H groups in total. The molecule has 1 aromatic carbocycles. The highest BCUT2D eigenvalue weighted by Gasteiger charge is 2.41. The Morgan fingerprint density at radius 3 is 2.28 bits per heavy atom. The summed E-state index contributed by atoms with van der Waals surface area (Å²) in [5.41, 5.74) is 1.57. The van der Waals surface area contributed by atoms with Crippen LogP contribution in [-0.2, 0) is 4.79 Å². The van der Waals surface area contributed by atoms with Gasteiger partial charge in [-0.25, -0.2) is 0 Å². The molecule has 0 bridgehead atoms. The molecule has 32 heavy (non-hydrogen) atoms. The highest BCUT2D eigenvalue weighted by Crippen LogP contribution is 2.34. The van der Waals surface area contributed by atoms with E-state index in [1.807, 2.05) is 29.2 Å². The first-order valence-corrected chi connectivity index (χ1v) is 12.8. The smallest absolute Gasteiger partial charge is 0.255 e. The van der Waals surface area contributed by atoms with E-state index in [2.05, 4.69) is 22.0 Å². The van der Waals surface area contributed by atoms with E-state index in [0.29, 0.717) is 12.1 Å². The Labute approximate surface area is 193 Å². The summed E-state index contributed by atoms with van der Waals surface area (Å²) < 4.78 is 0. The second-order valence-electron chi connectivity index (χ2n) is 9.72. The normalized spacial score (nSPS) is 23.2. The molecule has 3 aliphatic rings. The lowest BCUT2D eigenvalue weighted by Crippen LogP contribution is -2.47. The van der Waals surface area contributed by atoms with E-state index in [1.54, 1.807) is 0 Å². The average molecular weight is 441 g/mol. The third kappa shape index (κ3) is 5.52. The molecule has 1 aliphatic carbocycles. The van der Waals surface area contributed by atoms with Gasteiger partial charge in [-0.05, 0) is 50.4 Å². The minimum atomic E-state index is -0.483. The maximum absolute atomic E-state index is 13.4. The fourth-order valence-corrected chi connectivity index (χ4v) is 5.60. The Morgan fingerprint density at radius 1 is 0.938 bits per heavy atom. The molecule has 4 rings (SSSR count). The fraction of sp³-hybridized carbons (Fsp3) is 0.692. The van der Waals surface area contributed by atoms with Gasteiger partial charge in [-0.3, -0.25) is 9.59 Å². The molecule has 1 aromatic rings. The third-order valence-corrected chi connectivity index (χ3v) is 7.39. The van der Waals surface area contributed by atoms with Crippen molar-refractivity contribution >= 4 is 11.8 Å². The van der Waals surface area contributed by atoms with E-state index >= 15 is 0 Å². The van der Waals surface area contributed by atoms with Crippen LogP contribution >= 0.6 is 0 Å². The first-order chi connectivity index (χ1) is 15.7. The van der Waals surface area contributed by atoms with Crippen molar-refractivity contribution in [2.45, 2.75) is 70.4 Å². The predicted molar refractivity (Wildman–Crippen MR) is 128 cm³/mol. The zero-order chi connectivity index (χ0) is 22.3. The predicted octanol–water partition coefficient (Wildman–Crippen LogP) is 3.44. The average Bonchev–Trinajstić information content (AvgIpc) is 2.94. The Balaban J connectivity index is 1.36. The van der Waals surface area contributed by atoms with Crippen molar-refractivity contribution in [1.82, 2.24) is 20.0 Å². The van der Waals surface area contributed by atoms with Gasteiger partial charge in [0.05, 0.1) is 0 Å². The van der Waals surface area contributed by atoms with Crippen molar-refractivity contribution < 1.29 is 9.59 Å². The van der Waals surface area contributed by atoms with Crippen molar-refractivity contribution in [3.8, 4) is 0 Å². The minimum Gasteiger partial charge on any atom is -0.351 e. The molecule has 0 spiro atoms. The Morgan fingerprint density at radius 2 is 1.59 bits per heavy atom. The highest BCUT2D eigenvalue weighted by atomic mass is 16.2. The molecule has 2 amide bonds. The van der Waals surface area contributed by atoms with Crippen LogP contribution in [-0.4, -0.2) is 78.4 Å². The first-order valence-electron chi connectivity index (χ1n) is 12.8. The van der Waals surface area contributed by atoms with E-state index in [0.717, 1.165) is 57.5 Å². The molecule has 0 radical (unpaired) electrons. The van der Waals surface area contributed by atoms with Gasteiger partial charge in [0.15, 0.2) is 0 Å². The summed E-state index contributed by atoms with van der Waals surface area (Å²) in [7, 11) is 0.